The Labute approximate surface area is 114 Å². The SMILES string of the molecule is CSc1ncnn2cc(OCCNC(=O)O)c(C)c12. The average molecular weight is 282 g/mol. The summed E-state index contributed by atoms with van der Waals surface area (Å²) in [5.74, 6) is 0.683. The van der Waals surface area contributed by atoms with Gasteiger partial charge in [0, 0.05) is 5.56 Å². The number of nitrogens with one attached hydrogen (secondary N) is 1. The van der Waals surface area contributed by atoms with Gasteiger partial charge < -0.3 is 15.2 Å². The molecule has 0 aliphatic heterocycles. The van der Waals surface area contributed by atoms with Crippen molar-refractivity contribution in [1.82, 2.24) is 19.9 Å². The molecule has 2 rings (SSSR count). The third kappa shape index (κ3) is 2.90. The van der Waals surface area contributed by atoms with Crippen LogP contribution in [0.25, 0.3) is 5.52 Å². The van der Waals surface area contributed by atoms with Crippen LogP contribution in [0.15, 0.2) is 17.6 Å². The Morgan fingerprint density at radius 2 is 2.42 bits per heavy atom. The first kappa shape index (κ1) is 13.5. The minimum atomic E-state index is -1.06. The van der Waals surface area contributed by atoms with Crippen molar-refractivity contribution in [1.29, 1.82) is 0 Å². The lowest BCUT2D eigenvalue weighted by atomic mass is 10.3. The van der Waals surface area contributed by atoms with Gasteiger partial charge in [0.15, 0.2) is 0 Å². The van der Waals surface area contributed by atoms with E-state index in [1.165, 1.54) is 6.33 Å². The molecule has 0 aromatic carbocycles. The van der Waals surface area contributed by atoms with E-state index in [9.17, 15) is 4.79 Å². The number of aromatic nitrogens is 3. The Kier molecular flexibility index (Phi) is 4.10. The first-order valence-electron chi connectivity index (χ1n) is 5.60. The lowest BCUT2D eigenvalue weighted by Gasteiger charge is -2.04. The molecule has 8 heteroatoms. The van der Waals surface area contributed by atoms with E-state index in [2.05, 4.69) is 15.4 Å². The quantitative estimate of drug-likeness (QED) is 0.636. The zero-order valence-corrected chi connectivity index (χ0v) is 11.4. The molecule has 0 aliphatic carbocycles. The largest absolute Gasteiger partial charge is 0.490 e. The van der Waals surface area contributed by atoms with Crippen molar-refractivity contribution in [2.75, 3.05) is 19.4 Å². The highest BCUT2D eigenvalue weighted by atomic mass is 32.2. The molecule has 0 bridgehead atoms. The molecule has 7 nitrogen and oxygen atoms in total. The van der Waals surface area contributed by atoms with E-state index >= 15 is 0 Å². The van der Waals surface area contributed by atoms with Gasteiger partial charge in [0.2, 0.25) is 0 Å². The van der Waals surface area contributed by atoms with Gasteiger partial charge in [0.25, 0.3) is 0 Å². The Morgan fingerprint density at radius 3 is 3.11 bits per heavy atom. The first-order chi connectivity index (χ1) is 9.13. The number of ether oxygens (including phenoxy) is 1. The lowest BCUT2D eigenvalue weighted by molar-refractivity contribution is 0.191. The third-order valence-corrected chi connectivity index (χ3v) is 3.26. The third-order valence-electron chi connectivity index (χ3n) is 2.58. The molecule has 2 N–H and O–H groups in total. The Morgan fingerprint density at radius 1 is 1.63 bits per heavy atom. The number of amides is 1. The highest BCUT2D eigenvalue weighted by Crippen LogP contribution is 2.29. The van der Waals surface area contributed by atoms with Crippen LogP contribution in [0.2, 0.25) is 0 Å². The summed E-state index contributed by atoms with van der Waals surface area (Å²) in [4.78, 5) is 14.5. The number of aryl methyl sites for hydroxylation is 1. The molecule has 19 heavy (non-hydrogen) atoms. The van der Waals surface area contributed by atoms with Gasteiger partial charge in [-0.15, -0.1) is 11.8 Å². The van der Waals surface area contributed by atoms with Crippen molar-refractivity contribution in [2.24, 2.45) is 0 Å². The highest BCUT2D eigenvalue weighted by molar-refractivity contribution is 7.98. The molecule has 0 aliphatic rings. The average Bonchev–Trinajstić information content (AvgIpc) is 2.71. The predicted octanol–water partition coefficient (Wildman–Crippen LogP) is 1.41. The molecule has 1 amide bonds. The summed E-state index contributed by atoms with van der Waals surface area (Å²) in [5, 5.41) is 15.7. The summed E-state index contributed by atoms with van der Waals surface area (Å²) in [6.07, 6.45) is 4.16. The molecular weight excluding hydrogens is 268 g/mol. The number of rotatable bonds is 5. The molecule has 0 fully saturated rings. The van der Waals surface area contributed by atoms with Gasteiger partial charge in [-0.2, -0.15) is 5.10 Å². The number of hydrogen-bond donors (Lipinski definition) is 2. The molecule has 2 heterocycles. The maximum atomic E-state index is 10.3. The second-order valence-corrected chi connectivity index (χ2v) is 4.56. The highest BCUT2D eigenvalue weighted by Gasteiger charge is 2.12. The fourth-order valence-corrected chi connectivity index (χ4v) is 2.31. The van der Waals surface area contributed by atoms with Crippen molar-refractivity contribution in [3.63, 3.8) is 0 Å². The minimum Gasteiger partial charge on any atom is -0.490 e. The van der Waals surface area contributed by atoms with Crippen molar-refractivity contribution >= 4 is 23.4 Å². The van der Waals surface area contributed by atoms with Gasteiger partial charge in [-0.25, -0.2) is 14.3 Å². The molecule has 102 valence electrons. The van der Waals surface area contributed by atoms with Gasteiger partial charge >= 0.3 is 6.09 Å². The van der Waals surface area contributed by atoms with Gasteiger partial charge in [-0.3, -0.25) is 0 Å². The molecule has 0 spiro atoms. The number of nitrogens with zero attached hydrogens (tertiary/aromatic N) is 3. The van der Waals surface area contributed by atoms with Crippen molar-refractivity contribution in [3.05, 3.63) is 18.1 Å². The summed E-state index contributed by atoms with van der Waals surface area (Å²) in [7, 11) is 0. The number of carboxylic acid groups (broad SMARTS) is 1. The van der Waals surface area contributed by atoms with E-state index in [0.717, 1.165) is 16.1 Å². The predicted molar refractivity (Wildman–Crippen MR) is 71.0 cm³/mol. The monoisotopic (exact) mass is 282 g/mol. The van der Waals surface area contributed by atoms with E-state index in [0.29, 0.717) is 5.75 Å². The second-order valence-electron chi connectivity index (χ2n) is 3.76. The summed E-state index contributed by atoms with van der Waals surface area (Å²) in [6.45, 7) is 2.44. The summed E-state index contributed by atoms with van der Waals surface area (Å²) in [6, 6.07) is 0. The van der Waals surface area contributed by atoms with Crippen LogP contribution in [0.3, 0.4) is 0 Å². The molecule has 2 aromatic heterocycles. The fraction of sp³-hybridized carbons (Fsp3) is 0.364. The Balaban J connectivity index is 2.16. The fourth-order valence-electron chi connectivity index (χ4n) is 1.72. The van der Waals surface area contributed by atoms with E-state index < -0.39 is 6.09 Å². The van der Waals surface area contributed by atoms with E-state index in [1.807, 2.05) is 13.2 Å². The Bertz CT molecular complexity index is 599. The normalized spacial score (nSPS) is 10.6. The maximum Gasteiger partial charge on any atom is 0.404 e. The number of thioether (sulfide) groups is 1. The van der Waals surface area contributed by atoms with E-state index in [-0.39, 0.29) is 13.2 Å². The molecule has 0 saturated carbocycles. The standard InChI is InChI=1S/C11H14N4O3S/c1-7-8(18-4-3-12-11(16)17)5-15-9(7)10(19-2)13-6-14-15/h5-6,12H,3-4H2,1-2H3,(H,16,17). The molecule has 2 aromatic rings. The van der Waals surface area contributed by atoms with Crippen LogP contribution in [-0.2, 0) is 0 Å². The van der Waals surface area contributed by atoms with Crippen molar-refractivity contribution in [3.8, 4) is 5.75 Å². The lowest BCUT2D eigenvalue weighted by Crippen LogP contribution is -2.26. The summed E-state index contributed by atoms with van der Waals surface area (Å²) >= 11 is 1.54. The van der Waals surface area contributed by atoms with Crippen LogP contribution in [0, 0.1) is 6.92 Å². The van der Waals surface area contributed by atoms with Gasteiger partial charge in [0.1, 0.15) is 29.2 Å². The number of carbonyl (C=O) groups is 1. The topological polar surface area (TPSA) is 88.8 Å². The van der Waals surface area contributed by atoms with Crippen molar-refractivity contribution in [2.45, 2.75) is 11.9 Å². The van der Waals surface area contributed by atoms with E-state index in [1.54, 1.807) is 22.5 Å². The number of fused-ring (bicyclic) bond motifs is 1. The van der Waals surface area contributed by atoms with Crippen LogP contribution in [-0.4, -0.2) is 45.2 Å². The minimum absolute atomic E-state index is 0.238. The van der Waals surface area contributed by atoms with Crippen molar-refractivity contribution < 1.29 is 14.6 Å². The van der Waals surface area contributed by atoms with Crippen LogP contribution in [0.5, 0.6) is 5.75 Å². The zero-order valence-electron chi connectivity index (χ0n) is 10.6. The van der Waals surface area contributed by atoms with Gasteiger partial charge in [-0.1, -0.05) is 0 Å². The smallest absolute Gasteiger partial charge is 0.404 e. The van der Waals surface area contributed by atoms with Crippen LogP contribution in [0.4, 0.5) is 4.79 Å². The van der Waals surface area contributed by atoms with Gasteiger partial charge in [0.05, 0.1) is 12.7 Å². The van der Waals surface area contributed by atoms with Gasteiger partial charge in [-0.05, 0) is 13.2 Å². The number of hydrogen-bond acceptors (Lipinski definition) is 5. The molecule has 0 saturated heterocycles. The summed E-state index contributed by atoms with van der Waals surface area (Å²) in [5.41, 5.74) is 1.86. The summed E-state index contributed by atoms with van der Waals surface area (Å²) < 4.78 is 7.26. The first-order valence-corrected chi connectivity index (χ1v) is 6.82. The van der Waals surface area contributed by atoms with Crippen LogP contribution < -0.4 is 10.1 Å². The maximum absolute atomic E-state index is 10.3. The van der Waals surface area contributed by atoms with Crippen LogP contribution in [0.1, 0.15) is 5.56 Å². The molecule has 0 radical (unpaired) electrons. The second kappa shape index (κ2) is 5.79. The molecule has 0 atom stereocenters. The zero-order chi connectivity index (χ0) is 13.8. The Hall–Kier alpha value is -1.96. The van der Waals surface area contributed by atoms with E-state index in [4.69, 9.17) is 9.84 Å². The molecule has 0 unspecified atom stereocenters. The van der Waals surface area contributed by atoms with Crippen LogP contribution >= 0.6 is 11.8 Å². The molecular formula is C11H14N4O3S.